The second kappa shape index (κ2) is 12.4. The Morgan fingerprint density at radius 1 is 1.04 bits per heavy atom. The van der Waals surface area contributed by atoms with E-state index < -0.39 is 10.1 Å². The highest BCUT2D eigenvalue weighted by Gasteiger charge is 2.07. The summed E-state index contributed by atoms with van der Waals surface area (Å²) in [6.45, 7) is 2.36. The summed E-state index contributed by atoms with van der Waals surface area (Å²) in [7, 11) is -3.29. The van der Waals surface area contributed by atoms with E-state index in [2.05, 4.69) is 11.1 Å². The SMILES string of the molecule is C[C@@H](CCCCCCCCCCc1cccnc1)COS(C)(=O)=O. The molecular weight excluding hydrogens is 322 g/mol. The Morgan fingerprint density at radius 3 is 2.25 bits per heavy atom. The normalized spacial score (nSPS) is 13.1. The quantitative estimate of drug-likeness (QED) is 0.357. The Bertz CT molecular complexity index is 517. The number of hydrogen-bond donors (Lipinski definition) is 0. The minimum absolute atomic E-state index is 0.312. The zero-order valence-corrected chi connectivity index (χ0v) is 16.1. The molecule has 138 valence electrons. The molecule has 1 aromatic heterocycles. The highest BCUT2D eigenvalue weighted by Crippen LogP contribution is 2.14. The van der Waals surface area contributed by atoms with Crippen molar-refractivity contribution in [2.45, 2.75) is 71.1 Å². The standard InChI is InChI=1S/C19H33NO3S/c1-18(17-23-24(2,21)22)12-9-7-5-3-4-6-8-10-13-19-14-11-15-20-16-19/h11,14-16,18H,3-10,12-13,17H2,1-2H3/t18-/m0/s1. The molecule has 0 unspecified atom stereocenters. The van der Waals surface area contributed by atoms with E-state index >= 15 is 0 Å². The zero-order chi connectivity index (χ0) is 17.7. The van der Waals surface area contributed by atoms with Gasteiger partial charge in [0.25, 0.3) is 10.1 Å². The fourth-order valence-electron chi connectivity index (χ4n) is 2.75. The van der Waals surface area contributed by atoms with Crippen molar-refractivity contribution >= 4 is 10.1 Å². The lowest BCUT2D eigenvalue weighted by atomic mass is 10.0. The van der Waals surface area contributed by atoms with Crippen LogP contribution < -0.4 is 0 Å². The van der Waals surface area contributed by atoms with Gasteiger partial charge >= 0.3 is 0 Å². The molecule has 5 heteroatoms. The highest BCUT2D eigenvalue weighted by molar-refractivity contribution is 7.85. The van der Waals surface area contributed by atoms with Crippen LogP contribution in [0.25, 0.3) is 0 Å². The van der Waals surface area contributed by atoms with E-state index in [1.807, 2.05) is 25.4 Å². The highest BCUT2D eigenvalue weighted by atomic mass is 32.2. The first-order valence-electron chi connectivity index (χ1n) is 9.20. The van der Waals surface area contributed by atoms with Gasteiger partial charge in [0.1, 0.15) is 0 Å². The van der Waals surface area contributed by atoms with Gasteiger partial charge in [-0.05, 0) is 36.8 Å². The van der Waals surface area contributed by atoms with E-state index in [1.54, 1.807) is 0 Å². The van der Waals surface area contributed by atoms with Crippen molar-refractivity contribution in [1.82, 2.24) is 4.98 Å². The molecule has 0 bridgehead atoms. The Hall–Kier alpha value is -0.940. The largest absolute Gasteiger partial charge is 0.270 e. The summed E-state index contributed by atoms with van der Waals surface area (Å²) >= 11 is 0. The van der Waals surface area contributed by atoms with Gasteiger partial charge in [-0.25, -0.2) is 0 Å². The minimum atomic E-state index is -3.29. The van der Waals surface area contributed by atoms with Crippen molar-refractivity contribution in [2.24, 2.45) is 5.92 Å². The van der Waals surface area contributed by atoms with Crippen molar-refractivity contribution < 1.29 is 12.6 Å². The lowest BCUT2D eigenvalue weighted by molar-refractivity contribution is 0.256. The van der Waals surface area contributed by atoms with E-state index in [0.717, 1.165) is 25.5 Å². The molecule has 0 radical (unpaired) electrons. The van der Waals surface area contributed by atoms with Crippen molar-refractivity contribution in [3.8, 4) is 0 Å². The third kappa shape index (κ3) is 12.5. The summed E-state index contributed by atoms with van der Waals surface area (Å²) in [5.41, 5.74) is 1.34. The predicted octanol–water partition coefficient (Wildman–Crippen LogP) is 4.75. The molecule has 0 aromatic carbocycles. The maximum Gasteiger partial charge on any atom is 0.264 e. The van der Waals surface area contributed by atoms with Crippen LogP contribution in [0.2, 0.25) is 0 Å². The maximum atomic E-state index is 10.9. The molecule has 0 N–H and O–H groups in total. The Morgan fingerprint density at radius 2 is 1.67 bits per heavy atom. The van der Waals surface area contributed by atoms with E-state index in [4.69, 9.17) is 4.18 Å². The molecular formula is C19H33NO3S. The molecule has 0 fully saturated rings. The van der Waals surface area contributed by atoms with Crippen molar-refractivity contribution in [3.63, 3.8) is 0 Å². The summed E-state index contributed by atoms with van der Waals surface area (Å²) in [6, 6.07) is 4.15. The van der Waals surface area contributed by atoms with E-state index in [1.165, 1.54) is 50.5 Å². The minimum Gasteiger partial charge on any atom is -0.270 e. The molecule has 1 atom stereocenters. The third-order valence-corrected chi connectivity index (χ3v) is 4.77. The van der Waals surface area contributed by atoms with Crippen LogP contribution in [0.3, 0.4) is 0 Å². The summed E-state index contributed by atoms with van der Waals surface area (Å²) in [4.78, 5) is 4.14. The molecule has 0 saturated heterocycles. The fourth-order valence-corrected chi connectivity index (χ4v) is 3.23. The van der Waals surface area contributed by atoms with Gasteiger partial charge in [-0.2, -0.15) is 8.42 Å². The lowest BCUT2D eigenvalue weighted by Crippen LogP contribution is -2.10. The average Bonchev–Trinajstić information content (AvgIpc) is 2.55. The molecule has 1 aromatic rings. The van der Waals surface area contributed by atoms with Crippen LogP contribution in [0.4, 0.5) is 0 Å². The van der Waals surface area contributed by atoms with Crippen molar-refractivity contribution in [2.75, 3.05) is 12.9 Å². The van der Waals surface area contributed by atoms with E-state index in [0.29, 0.717) is 12.5 Å². The van der Waals surface area contributed by atoms with Gasteiger partial charge in [0.2, 0.25) is 0 Å². The van der Waals surface area contributed by atoms with Crippen LogP contribution in [-0.4, -0.2) is 26.3 Å². The number of aromatic nitrogens is 1. The monoisotopic (exact) mass is 355 g/mol. The van der Waals surface area contributed by atoms with Gasteiger partial charge in [0.15, 0.2) is 0 Å². The molecule has 24 heavy (non-hydrogen) atoms. The number of aryl methyl sites for hydroxylation is 1. The summed E-state index contributed by atoms with van der Waals surface area (Å²) < 4.78 is 26.7. The first kappa shape index (κ1) is 21.1. The number of nitrogens with zero attached hydrogens (tertiary/aromatic N) is 1. The molecule has 1 rings (SSSR count). The molecule has 0 spiro atoms. The van der Waals surface area contributed by atoms with Crippen LogP contribution in [0.15, 0.2) is 24.5 Å². The second-order valence-electron chi connectivity index (χ2n) is 6.82. The number of unbranched alkanes of at least 4 members (excludes halogenated alkanes) is 7. The van der Waals surface area contributed by atoms with E-state index in [-0.39, 0.29) is 0 Å². The smallest absolute Gasteiger partial charge is 0.264 e. The first-order valence-corrected chi connectivity index (χ1v) is 11.0. The molecule has 0 aliphatic rings. The lowest BCUT2D eigenvalue weighted by Gasteiger charge is -2.10. The Kier molecular flexibility index (Phi) is 10.9. The molecule has 0 amide bonds. The summed E-state index contributed by atoms with van der Waals surface area (Å²) in [5.74, 6) is 0.312. The zero-order valence-electron chi connectivity index (χ0n) is 15.2. The van der Waals surface area contributed by atoms with Gasteiger partial charge < -0.3 is 0 Å². The van der Waals surface area contributed by atoms with Gasteiger partial charge in [-0.1, -0.05) is 57.9 Å². The van der Waals surface area contributed by atoms with Crippen LogP contribution in [0.1, 0.15) is 70.3 Å². The van der Waals surface area contributed by atoms with Gasteiger partial charge in [0.05, 0.1) is 12.9 Å². The first-order chi connectivity index (χ1) is 11.5. The predicted molar refractivity (Wildman–Crippen MR) is 99.5 cm³/mol. The van der Waals surface area contributed by atoms with Crippen molar-refractivity contribution in [3.05, 3.63) is 30.1 Å². The van der Waals surface area contributed by atoms with Gasteiger partial charge in [0, 0.05) is 12.4 Å². The van der Waals surface area contributed by atoms with Crippen molar-refractivity contribution in [1.29, 1.82) is 0 Å². The third-order valence-electron chi connectivity index (χ3n) is 4.20. The van der Waals surface area contributed by atoms with Crippen LogP contribution in [0, 0.1) is 5.92 Å². The molecule has 1 heterocycles. The molecule has 0 saturated carbocycles. The summed E-state index contributed by atoms with van der Waals surface area (Å²) in [6.07, 6.45) is 17.2. The Labute approximate surface area is 148 Å². The topological polar surface area (TPSA) is 56.3 Å². The van der Waals surface area contributed by atoms with E-state index in [9.17, 15) is 8.42 Å². The molecule has 0 aliphatic carbocycles. The molecule has 4 nitrogen and oxygen atoms in total. The number of pyridine rings is 1. The Balaban J connectivity index is 1.85. The average molecular weight is 356 g/mol. The van der Waals surface area contributed by atoms with Gasteiger partial charge in [-0.3, -0.25) is 9.17 Å². The number of hydrogen-bond acceptors (Lipinski definition) is 4. The fraction of sp³-hybridized carbons (Fsp3) is 0.737. The van der Waals surface area contributed by atoms with Crippen LogP contribution in [0.5, 0.6) is 0 Å². The second-order valence-corrected chi connectivity index (χ2v) is 8.47. The van der Waals surface area contributed by atoms with Crippen LogP contribution in [-0.2, 0) is 20.7 Å². The molecule has 0 aliphatic heterocycles. The number of rotatable bonds is 14. The maximum absolute atomic E-state index is 10.9. The van der Waals surface area contributed by atoms with Crippen LogP contribution >= 0.6 is 0 Å². The van der Waals surface area contributed by atoms with Gasteiger partial charge in [-0.15, -0.1) is 0 Å². The summed E-state index contributed by atoms with van der Waals surface area (Å²) in [5, 5.41) is 0.